The minimum absolute atomic E-state index is 0.00227. The third-order valence-electron chi connectivity index (χ3n) is 9.94. The van der Waals surface area contributed by atoms with Crippen LogP contribution in [0.2, 0.25) is 0 Å². The summed E-state index contributed by atoms with van der Waals surface area (Å²) >= 11 is 0. The van der Waals surface area contributed by atoms with Crippen LogP contribution in [0.3, 0.4) is 0 Å². The van der Waals surface area contributed by atoms with Gasteiger partial charge in [0.2, 0.25) is 11.8 Å². The highest BCUT2D eigenvalue weighted by Crippen LogP contribution is 2.46. The average molecular weight is 648 g/mol. The second kappa shape index (κ2) is 12.2. The topological polar surface area (TPSA) is 132 Å². The Morgan fingerprint density at radius 3 is 2.69 bits per heavy atom. The molecule has 2 aromatic carbocycles. The molecular formula is C36H34FN7O4. The minimum Gasteiger partial charge on any atom is -0.421 e. The van der Waals surface area contributed by atoms with E-state index >= 15 is 0 Å². The Morgan fingerprint density at radius 2 is 1.92 bits per heavy atom. The summed E-state index contributed by atoms with van der Waals surface area (Å²) < 4.78 is 33.9. The lowest BCUT2D eigenvalue weighted by Crippen LogP contribution is -2.38. The van der Waals surface area contributed by atoms with E-state index in [1.807, 2.05) is 40.8 Å². The number of benzene rings is 2. The average Bonchev–Trinajstić information content (AvgIpc) is 3.82. The smallest absolute Gasteiger partial charge is 0.257 e. The van der Waals surface area contributed by atoms with Crippen molar-refractivity contribution < 1.29 is 23.1 Å². The van der Waals surface area contributed by atoms with Gasteiger partial charge >= 0.3 is 0 Å². The van der Waals surface area contributed by atoms with Crippen molar-refractivity contribution in [1.82, 2.24) is 29.9 Å². The number of amides is 1. The predicted molar refractivity (Wildman–Crippen MR) is 172 cm³/mol. The first-order valence-corrected chi connectivity index (χ1v) is 16.4. The lowest BCUT2D eigenvalue weighted by atomic mass is 9.88. The molecule has 12 heteroatoms. The molecule has 0 bridgehead atoms. The van der Waals surface area contributed by atoms with Crippen molar-refractivity contribution in [1.29, 1.82) is 5.26 Å². The van der Waals surface area contributed by atoms with Gasteiger partial charge in [0.15, 0.2) is 0 Å². The number of nitrogens with zero attached hydrogens (tertiary/aromatic N) is 7. The molecule has 3 aromatic heterocycles. The highest BCUT2D eigenvalue weighted by Gasteiger charge is 2.44. The van der Waals surface area contributed by atoms with Gasteiger partial charge in [-0.1, -0.05) is 12.1 Å². The lowest BCUT2D eigenvalue weighted by molar-refractivity contribution is 0.00352. The van der Waals surface area contributed by atoms with Crippen molar-refractivity contribution >= 4 is 16.8 Å². The van der Waals surface area contributed by atoms with Gasteiger partial charge in [0.1, 0.15) is 11.9 Å². The van der Waals surface area contributed by atoms with E-state index in [9.17, 15) is 9.18 Å². The largest absolute Gasteiger partial charge is 0.421 e. The Labute approximate surface area is 276 Å². The summed E-state index contributed by atoms with van der Waals surface area (Å²) in [4.78, 5) is 21.3. The summed E-state index contributed by atoms with van der Waals surface area (Å²) in [5.74, 6) is 0.630. The molecule has 8 rings (SSSR count). The molecule has 0 saturated carbocycles. The number of halogens is 1. The van der Waals surface area contributed by atoms with Gasteiger partial charge in [0.25, 0.3) is 5.91 Å². The molecule has 11 nitrogen and oxygen atoms in total. The maximum atomic E-state index is 14.5. The molecule has 3 aliphatic heterocycles. The van der Waals surface area contributed by atoms with E-state index in [0.29, 0.717) is 60.6 Å². The SMILES string of the molecule is Cc1nnc(-c2c(CCC3CCOCC3)nc3c(c2-c2ccc4c(cnn4[C@H](C)c4ccc(C#N)c(F)c4)c2)C(=O)N2CCOCC32)o1. The molecule has 0 N–H and O–H groups in total. The highest BCUT2D eigenvalue weighted by molar-refractivity contribution is 6.08. The maximum absolute atomic E-state index is 14.5. The number of carbonyl (C=O) groups excluding carboxylic acids is 1. The molecule has 0 aliphatic carbocycles. The summed E-state index contributed by atoms with van der Waals surface area (Å²) in [6, 6.07) is 11.9. The summed E-state index contributed by atoms with van der Waals surface area (Å²) in [6.07, 6.45) is 5.39. The van der Waals surface area contributed by atoms with E-state index in [4.69, 9.17) is 24.1 Å². The number of pyridine rings is 1. The predicted octanol–water partition coefficient (Wildman–Crippen LogP) is 5.96. The zero-order valence-corrected chi connectivity index (χ0v) is 26.8. The van der Waals surface area contributed by atoms with Gasteiger partial charge < -0.3 is 18.8 Å². The Kier molecular flexibility index (Phi) is 7.73. The molecule has 0 radical (unpaired) electrons. The molecule has 6 heterocycles. The van der Waals surface area contributed by atoms with Crippen LogP contribution in [-0.4, -0.2) is 68.7 Å². The van der Waals surface area contributed by atoms with Crippen LogP contribution >= 0.6 is 0 Å². The van der Waals surface area contributed by atoms with Crippen LogP contribution in [0.25, 0.3) is 33.5 Å². The molecule has 2 atom stereocenters. The number of hydrogen-bond acceptors (Lipinski definition) is 9. The number of morpholine rings is 1. The first-order chi connectivity index (χ1) is 23.4. The molecule has 244 valence electrons. The van der Waals surface area contributed by atoms with Crippen LogP contribution in [0.5, 0.6) is 0 Å². The Bertz CT molecular complexity index is 2090. The number of hydrogen-bond donors (Lipinski definition) is 0. The lowest BCUT2D eigenvalue weighted by Gasteiger charge is -2.29. The van der Waals surface area contributed by atoms with Crippen LogP contribution in [0.1, 0.15) is 77.0 Å². The van der Waals surface area contributed by atoms with Crippen LogP contribution in [0.15, 0.2) is 47.0 Å². The Hall–Kier alpha value is -4.99. The van der Waals surface area contributed by atoms with Gasteiger partial charge in [-0.3, -0.25) is 14.5 Å². The van der Waals surface area contributed by atoms with E-state index < -0.39 is 5.82 Å². The molecule has 1 amide bonds. The van der Waals surface area contributed by atoms with E-state index in [1.54, 1.807) is 19.2 Å². The monoisotopic (exact) mass is 647 g/mol. The van der Waals surface area contributed by atoms with Crippen molar-refractivity contribution in [2.75, 3.05) is 33.0 Å². The number of carbonyl (C=O) groups is 1. The van der Waals surface area contributed by atoms with E-state index in [-0.39, 0.29) is 23.6 Å². The molecule has 3 aliphatic rings. The highest BCUT2D eigenvalue weighted by atomic mass is 19.1. The summed E-state index contributed by atoms with van der Waals surface area (Å²) in [5, 5.41) is 23.3. The van der Waals surface area contributed by atoms with Gasteiger partial charge in [-0.05, 0) is 73.9 Å². The number of aromatic nitrogens is 5. The van der Waals surface area contributed by atoms with E-state index in [1.165, 1.54) is 12.1 Å². The van der Waals surface area contributed by atoms with Crippen LogP contribution in [-0.2, 0) is 15.9 Å². The molecule has 0 spiro atoms. The van der Waals surface area contributed by atoms with Gasteiger partial charge in [-0.2, -0.15) is 10.4 Å². The molecular weight excluding hydrogens is 613 g/mol. The van der Waals surface area contributed by atoms with E-state index in [0.717, 1.165) is 65.9 Å². The number of ether oxygens (including phenoxy) is 2. The zero-order chi connectivity index (χ0) is 32.9. The zero-order valence-electron chi connectivity index (χ0n) is 26.8. The number of nitriles is 1. The number of fused-ring (bicyclic) bond motifs is 4. The van der Waals surface area contributed by atoms with Crippen molar-refractivity contribution in [3.63, 3.8) is 0 Å². The van der Waals surface area contributed by atoms with Crippen molar-refractivity contribution in [2.45, 2.75) is 51.6 Å². The minimum atomic E-state index is -0.560. The fourth-order valence-electron chi connectivity index (χ4n) is 7.34. The molecule has 48 heavy (non-hydrogen) atoms. The number of aryl methyl sites for hydroxylation is 2. The maximum Gasteiger partial charge on any atom is 0.257 e. The second-order valence-electron chi connectivity index (χ2n) is 12.8. The first kappa shape index (κ1) is 30.4. The summed E-state index contributed by atoms with van der Waals surface area (Å²) in [7, 11) is 0. The standard InChI is InChI=1S/C36H34FN7O4/c1-20(23-4-5-25(17-38)27(37)16-23)44-29-8-6-24(15-26(29)18-39-44)31-32(35-42-41-21(2)48-35)28(7-3-22-9-12-46-13-10-22)40-34-30-19-47-14-11-43(30)36(45)33(31)34/h4-6,8,15-16,18,20,22,30H,3,7,9-14,19H2,1-2H3/t20-,30?/m1/s1. The molecule has 1 unspecified atom stereocenters. The first-order valence-electron chi connectivity index (χ1n) is 16.4. The quantitative estimate of drug-likeness (QED) is 0.210. The fourth-order valence-corrected chi connectivity index (χ4v) is 7.34. The van der Waals surface area contributed by atoms with Crippen molar-refractivity contribution in [3.8, 4) is 28.7 Å². The fraction of sp³-hybridized carbons (Fsp3) is 0.389. The van der Waals surface area contributed by atoms with Crippen molar-refractivity contribution in [2.24, 2.45) is 5.92 Å². The third kappa shape index (κ3) is 5.14. The summed E-state index contributed by atoms with van der Waals surface area (Å²) in [6.45, 7) is 6.58. The summed E-state index contributed by atoms with van der Waals surface area (Å²) in [5.41, 5.74) is 5.85. The normalized spacial score (nSPS) is 18.6. The van der Waals surface area contributed by atoms with E-state index in [2.05, 4.69) is 15.3 Å². The second-order valence-corrected chi connectivity index (χ2v) is 12.8. The third-order valence-corrected chi connectivity index (χ3v) is 9.94. The number of rotatable bonds is 7. The molecule has 2 saturated heterocycles. The molecule has 5 aromatic rings. The van der Waals surface area contributed by atoms with Crippen molar-refractivity contribution in [3.05, 3.63) is 82.4 Å². The molecule has 2 fully saturated rings. The van der Waals surface area contributed by atoms with Crippen LogP contribution < -0.4 is 0 Å². The van der Waals surface area contributed by atoms with Gasteiger partial charge in [0.05, 0.1) is 65.1 Å². The van der Waals surface area contributed by atoms with Crippen LogP contribution in [0, 0.1) is 30.0 Å². The van der Waals surface area contributed by atoms with Gasteiger partial charge in [-0.25, -0.2) is 4.39 Å². The Morgan fingerprint density at radius 1 is 1.06 bits per heavy atom. The van der Waals surface area contributed by atoms with Gasteiger partial charge in [-0.15, -0.1) is 10.2 Å². The van der Waals surface area contributed by atoms with Gasteiger partial charge in [0, 0.05) is 37.6 Å². The Balaban J connectivity index is 1.28. The van der Waals surface area contributed by atoms with Crippen LogP contribution in [0.4, 0.5) is 4.39 Å².